The van der Waals surface area contributed by atoms with Crippen molar-refractivity contribution in [1.29, 1.82) is 0 Å². The van der Waals surface area contributed by atoms with Gasteiger partial charge in [-0.25, -0.2) is 4.68 Å². The first kappa shape index (κ1) is 20.4. The zero-order valence-corrected chi connectivity index (χ0v) is 17.3. The number of amides is 1. The number of carbonyl (C=O) groups is 1. The number of methoxy groups -OCH3 is 1. The highest BCUT2D eigenvalue weighted by molar-refractivity contribution is 5.79. The third-order valence-electron chi connectivity index (χ3n) is 5.74. The van der Waals surface area contributed by atoms with E-state index in [1.807, 2.05) is 50.2 Å². The molecule has 1 fully saturated rings. The van der Waals surface area contributed by atoms with E-state index in [4.69, 9.17) is 4.74 Å². The number of aryl methyl sites for hydroxylation is 1. The van der Waals surface area contributed by atoms with Crippen molar-refractivity contribution in [3.63, 3.8) is 0 Å². The summed E-state index contributed by atoms with van der Waals surface area (Å²) >= 11 is 0. The molecule has 8 heteroatoms. The summed E-state index contributed by atoms with van der Waals surface area (Å²) in [6, 6.07) is 8.07. The van der Waals surface area contributed by atoms with Crippen molar-refractivity contribution in [2.24, 2.45) is 0 Å². The Hall–Kier alpha value is -2.32. The van der Waals surface area contributed by atoms with Gasteiger partial charge in [0.2, 0.25) is 5.91 Å². The van der Waals surface area contributed by atoms with Gasteiger partial charge in [-0.2, -0.15) is 0 Å². The van der Waals surface area contributed by atoms with Gasteiger partial charge in [0.05, 0.1) is 19.6 Å². The van der Waals surface area contributed by atoms with Crippen LogP contribution in [0.3, 0.4) is 0 Å². The number of aromatic nitrogens is 4. The predicted molar refractivity (Wildman–Crippen MR) is 106 cm³/mol. The van der Waals surface area contributed by atoms with Crippen molar-refractivity contribution in [1.82, 2.24) is 30.0 Å². The number of hydrogen-bond donors (Lipinski definition) is 0. The number of nitrogens with zero attached hydrogens (tertiary/aromatic N) is 6. The number of likely N-dealkylation sites (tertiary alicyclic amines) is 1. The summed E-state index contributed by atoms with van der Waals surface area (Å²) in [5.41, 5.74) is 1.82. The van der Waals surface area contributed by atoms with Crippen LogP contribution in [0.1, 0.15) is 29.8 Å². The van der Waals surface area contributed by atoms with Crippen LogP contribution in [0.15, 0.2) is 24.3 Å². The third kappa shape index (κ3) is 4.07. The number of carbonyl (C=O) groups excluding carboxylic acids is 1. The summed E-state index contributed by atoms with van der Waals surface area (Å²) in [4.78, 5) is 17.2. The minimum Gasteiger partial charge on any atom is -0.383 e. The zero-order valence-electron chi connectivity index (χ0n) is 17.3. The minimum absolute atomic E-state index is 0.149. The smallest absolute Gasteiger partial charge is 0.227 e. The van der Waals surface area contributed by atoms with E-state index in [0.29, 0.717) is 26.1 Å². The molecule has 3 rings (SSSR count). The first-order valence-electron chi connectivity index (χ1n) is 9.73. The van der Waals surface area contributed by atoms with Crippen molar-refractivity contribution >= 4 is 5.91 Å². The summed E-state index contributed by atoms with van der Waals surface area (Å²) in [5, 5.41) is 12.4. The van der Waals surface area contributed by atoms with Gasteiger partial charge in [0.1, 0.15) is 5.54 Å². The summed E-state index contributed by atoms with van der Waals surface area (Å²) in [6.07, 6.45) is 2.24. The van der Waals surface area contributed by atoms with Crippen LogP contribution in [0.2, 0.25) is 0 Å². The molecule has 152 valence electrons. The van der Waals surface area contributed by atoms with Crippen LogP contribution >= 0.6 is 0 Å². The molecule has 1 atom stereocenters. The highest BCUT2D eigenvalue weighted by atomic mass is 16.5. The van der Waals surface area contributed by atoms with E-state index < -0.39 is 5.54 Å². The van der Waals surface area contributed by atoms with Crippen LogP contribution in [-0.4, -0.2) is 76.8 Å². The maximum atomic E-state index is 13.1. The zero-order chi connectivity index (χ0) is 20.1. The van der Waals surface area contributed by atoms with E-state index in [9.17, 15) is 4.79 Å². The highest BCUT2D eigenvalue weighted by Crippen LogP contribution is 2.35. The molecule has 2 heterocycles. The molecule has 8 nitrogen and oxygen atoms in total. The molecule has 1 aliphatic rings. The molecule has 0 N–H and O–H groups in total. The molecule has 0 spiro atoms. The lowest BCUT2D eigenvalue weighted by Crippen LogP contribution is -2.56. The Morgan fingerprint density at radius 1 is 1.32 bits per heavy atom. The topological polar surface area (TPSA) is 76.4 Å². The van der Waals surface area contributed by atoms with Gasteiger partial charge in [-0.05, 0) is 55.4 Å². The average molecular weight is 387 g/mol. The van der Waals surface area contributed by atoms with E-state index in [2.05, 4.69) is 20.4 Å². The fraction of sp³-hybridized carbons (Fsp3) is 0.600. The second-order valence-corrected chi connectivity index (χ2v) is 7.67. The van der Waals surface area contributed by atoms with Crippen LogP contribution in [0.25, 0.3) is 0 Å². The Bertz CT molecular complexity index is 805. The molecule has 0 bridgehead atoms. The highest BCUT2D eigenvalue weighted by Gasteiger charge is 2.44. The van der Waals surface area contributed by atoms with Gasteiger partial charge < -0.3 is 9.64 Å². The normalized spacial score (nSPS) is 20.0. The van der Waals surface area contributed by atoms with Crippen LogP contribution in [0.4, 0.5) is 0 Å². The summed E-state index contributed by atoms with van der Waals surface area (Å²) in [5.74, 6) is 0.944. The lowest BCUT2D eigenvalue weighted by Gasteiger charge is -2.46. The minimum atomic E-state index is -0.406. The monoisotopic (exact) mass is 386 g/mol. The molecule has 1 aromatic heterocycles. The lowest BCUT2D eigenvalue weighted by atomic mass is 9.86. The molecule has 2 aromatic rings. The largest absolute Gasteiger partial charge is 0.383 e. The molecule has 1 aromatic carbocycles. The predicted octanol–water partition coefficient (Wildman–Crippen LogP) is 1.25. The number of rotatable bonds is 7. The van der Waals surface area contributed by atoms with E-state index >= 15 is 0 Å². The van der Waals surface area contributed by atoms with Crippen LogP contribution in [0.5, 0.6) is 0 Å². The first-order chi connectivity index (χ1) is 13.5. The first-order valence-corrected chi connectivity index (χ1v) is 9.73. The van der Waals surface area contributed by atoms with Crippen molar-refractivity contribution < 1.29 is 9.53 Å². The Kier molecular flexibility index (Phi) is 6.41. The van der Waals surface area contributed by atoms with Gasteiger partial charge in [-0.3, -0.25) is 9.69 Å². The van der Waals surface area contributed by atoms with Gasteiger partial charge in [-0.15, -0.1) is 5.10 Å². The van der Waals surface area contributed by atoms with Crippen LogP contribution in [0, 0.1) is 6.92 Å². The van der Waals surface area contributed by atoms with Gasteiger partial charge >= 0.3 is 0 Å². The van der Waals surface area contributed by atoms with Crippen molar-refractivity contribution in [3.05, 3.63) is 41.2 Å². The van der Waals surface area contributed by atoms with E-state index in [1.54, 1.807) is 11.8 Å². The Morgan fingerprint density at radius 3 is 2.82 bits per heavy atom. The van der Waals surface area contributed by atoms with E-state index in [0.717, 1.165) is 36.3 Å². The second-order valence-electron chi connectivity index (χ2n) is 7.67. The van der Waals surface area contributed by atoms with Crippen molar-refractivity contribution in [3.8, 4) is 0 Å². The molecule has 28 heavy (non-hydrogen) atoms. The number of hydrogen-bond acceptors (Lipinski definition) is 6. The number of likely N-dealkylation sites (N-methyl/N-ethyl adjacent to an activating group) is 1. The Balaban J connectivity index is 1.83. The second kappa shape index (κ2) is 8.79. The lowest BCUT2D eigenvalue weighted by molar-refractivity contribution is -0.134. The molecule has 1 amide bonds. The molecular formula is C20H30N6O2. The Labute approximate surface area is 166 Å². The summed E-state index contributed by atoms with van der Waals surface area (Å²) in [7, 11) is 5.73. The molecule has 0 aliphatic carbocycles. The van der Waals surface area contributed by atoms with E-state index in [1.165, 1.54) is 0 Å². The maximum Gasteiger partial charge on any atom is 0.227 e. The maximum absolute atomic E-state index is 13.1. The van der Waals surface area contributed by atoms with Crippen LogP contribution in [-0.2, 0) is 28.0 Å². The molecular weight excluding hydrogens is 356 g/mol. The number of benzene rings is 1. The van der Waals surface area contributed by atoms with E-state index in [-0.39, 0.29) is 5.91 Å². The molecule has 1 unspecified atom stereocenters. The van der Waals surface area contributed by atoms with Gasteiger partial charge in [0.15, 0.2) is 5.82 Å². The standard InChI is InChI=1S/C20H30N6O2/c1-16-8-5-6-9-17(16)14-18(27)25-11-7-10-20(15-25,24(2)3)19-21-22-23-26(19)12-13-28-4/h5-6,8-9H,7,10-15H2,1-4H3. The van der Waals surface area contributed by atoms with Crippen molar-refractivity contribution in [2.45, 2.75) is 38.3 Å². The third-order valence-corrected chi connectivity index (χ3v) is 5.74. The molecule has 1 saturated heterocycles. The number of piperidine rings is 1. The number of tetrazole rings is 1. The summed E-state index contributed by atoms with van der Waals surface area (Å²) in [6.45, 7) is 4.52. The molecule has 0 radical (unpaired) electrons. The van der Waals surface area contributed by atoms with Crippen molar-refractivity contribution in [2.75, 3.05) is 40.9 Å². The van der Waals surface area contributed by atoms with Gasteiger partial charge in [0, 0.05) is 20.2 Å². The molecule has 1 aliphatic heterocycles. The fourth-order valence-electron chi connectivity index (χ4n) is 3.95. The average Bonchev–Trinajstić information content (AvgIpc) is 3.17. The Morgan fingerprint density at radius 2 is 2.11 bits per heavy atom. The molecule has 0 saturated carbocycles. The van der Waals surface area contributed by atoms with Gasteiger partial charge in [0.25, 0.3) is 0 Å². The quantitative estimate of drug-likeness (QED) is 0.713. The number of ether oxygens (including phenoxy) is 1. The summed E-state index contributed by atoms with van der Waals surface area (Å²) < 4.78 is 7.00. The fourth-order valence-corrected chi connectivity index (χ4v) is 3.95. The SMILES string of the molecule is COCCn1nnnc1C1(N(C)C)CCCN(C(=O)Cc2ccccc2C)C1. The van der Waals surface area contributed by atoms with Gasteiger partial charge in [-0.1, -0.05) is 24.3 Å². The van der Waals surface area contributed by atoms with Crippen LogP contribution < -0.4 is 0 Å².